The molecule has 0 saturated carbocycles. The zero-order valence-electron chi connectivity index (χ0n) is 10.7. The summed E-state index contributed by atoms with van der Waals surface area (Å²) < 4.78 is 41.3. The third kappa shape index (κ3) is 5.87. The van der Waals surface area contributed by atoms with Gasteiger partial charge in [-0.05, 0) is 30.3 Å². The van der Waals surface area contributed by atoms with Crippen molar-refractivity contribution in [2.24, 2.45) is 5.73 Å². The predicted octanol–water partition coefficient (Wildman–Crippen LogP) is 1.07. The Morgan fingerprint density at radius 3 is 2.45 bits per heavy atom. The molecule has 5 nitrogen and oxygen atoms in total. The largest absolute Gasteiger partial charge is 0.487 e. The van der Waals surface area contributed by atoms with Gasteiger partial charge in [-0.2, -0.15) is 0 Å². The van der Waals surface area contributed by atoms with E-state index in [0.717, 1.165) is 0 Å². The molecule has 1 rings (SSSR count). The fourth-order valence-corrected chi connectivity index (χ4v) is 2.35. The molecule has 0 aromatic heterocycles. The predicted molar refractivity (Wildman–Crippen MR) is 76.6 cm³/mol. The van der Waals surface area contributed by atoms with E-state index in [4.69, 9.17) is 15.6 Å². The van der Waals surface area contributed by atoms with Crippen molar-refractivity contribution >= 4 is 22.2 Å². The third-order valence-corrected chi connectivity index (χ3v) is 3.97. The maximum atomic E-state index is 13.0. The van der Waals surface area contributed by atoms with E-state index < -0.39 is 22.3 Å². The second-order valence-corrected chi connectivity index (χ2v) is 5.80. The maximum absolute atomic E-state index is 13.0. The maximum Gasteiger partial charge on any atom is 0.180 e. The van der Waals surface area contributed by atoms with Gasteiger partial charge < -0.3 is 15.6 Å². The minimum Gasteiger partial charge on any atom is -0.487 e. The molecule has 1 aromatic carbocycles. The van der Waals surface area contributed by atoms with Crippen LogP contribution in [0.3, 0.4) is 0 Å². The first-order chi connectivity index (χ1) is 8.99. The number of hydrogen-bond donors (Lipinski definition) is 2. The Balaban J connectivity index is 0.00000361. The van der Waals surface area contributed by atoms with Gasteiger partial charge in [0.25, 0.3) is 0 Å². The molecule has 20 heavy (non-hydrogen) atoms. The molecule has 3 N–H and O–H groups in total. The van der Waals surface area contributed by atoms with Crippen LogP contribution in [0.25, 0.3) is 0 Å². The van der Waals surface area contributed by atoms with E-state index in [1.807, 2.05) is 0 Å². The zero-order valence-corrected chi connectivity index (χ0v) is 12.3. The van der Waals surface area contributed by atoms with Crippen LogP contribution in [-0.2, 0) is 9.84 Å². The lowest BCUT2D eigenvalue weighted by Crippen LogP contribution is -2.10. The first kappa shape index (κ1) is 18.9. The molecule has 0 amide bonds. The topological polar surface area (TPSA) is 89.6 Å². The van der Waals surface area contributed by atoms with Crippen LogP contribution in [0.1, 0.15) is 0 Å². The molecule has 0 bridgehead atoms. The van der Waals surface area contributed by atoms with Crippen molar-refractivity contribution in [3.05, 3.63) is 36.2 Å². The van der Waals surface area contributed by atoms with Gasteiger partial charge in [0, 0.05) is 6.54 Å². The normalized spacial score (nSPS) is 11.8. The fraction of sp³-hybridized carbons (Fsp3) is 0.333. The summed E-state index contributed by atoms with van der Waals surface area (Å²) in [5.41, 5.74) is 5.14. The van der Waals surface area contributed by atoms with E-state index in [1.165, 1.54) is 30.3 Å². The van der Waals surface area contributed by atoms with Gasteiger partial charge in [0.1, 0.15) is 18.2 Å². The Morgan fingerprint density at radius 2 is 1.95 bits per heavy atom. The van der Waals surface area contributed by atoms with Crippen molar-refractivity contribution in [1.82, 2.24) is 0 Å². The fourth-order valence-electron chi connectivity index (χ4n) is 1.32. The van der Waals surface area contributed by atoms with Crippen molar-refractivity contribution in [2.45, 2.75) is 4.90 Å². The number of rotatable bonds is 7. The van der Waals surface area contributed by atoms with Crippen LogP contribution >= 0.6 is 12.4 Å². The highest BCUT2D eigenvalue weighted by atomic mass is 35.5. The van der Waals surface area contributed by atoms with Crippen LogP contribution in [0, 0.1) is 0 Å². The highest BCUT2D eigenvalue weighted by molar-refractivity contribution is 7.91. The Morgan fingerprint density at radius 1 is 1.35 bits per heavy atom. The quantitative estimate of drug-likeness (QED) is 0.782. The number of aliphatic hydroxyl groups excluding tert-OH is 1. The highest BCUT2D eigenvalue weighted by Crippen LogP contribution is 2.17. The standard InChI is InChI=1S/C12H16FNO4S.ClH/c13-10(5-6-14)9-18-11-1-3-12(4-2-11)19(16,17)8-7-15;/h1-5,15H,6-9,14H2;1H/b10-5+;. The van der Waals surface area contributed by atoms with Gasteiger partial charge in [0.2, 0.25) is 0 Å². The van der Waals surface area contributed by atoms with E-state index >= 15 is 0 Å². The SMILES string of the molecule is Cl.NC/C=C(/F)COc1ccc(S(=O)(=O)CCO)cc1. The van der Waals surface area contributed by atoms with Crippen molar-refractivity contribution in [2.75, 3.05) is 25.5 Å². The lowest BCUT2D eigenvalue weighted by molar-refractivity contribution is 0.318. The summed E-state index contributed by atoms with van der Waals surface area (Å²) in [6.07, 6.45) is 1.19. The van der Waals surface area contributed by atoms with Crippen molar-refractivity contribution in [3.8, 4) is 5.75 Å². The Hall–Kier alpha value is -1.15. The minimum absolute atomic E-state index is 0. The van der Waals surface area contributed by atoms with Crippen LogP contribution < -0.4 is 10.5 Å². The number of halogens is 2. The van der Waals surface area contributed by atoms with E-state index in [1.54, 1.807) is 0 Å². The Kier molecular flexibility index (Phi) is 8.40. The number of hydrogen-bond acceptors (Lipinski definition) is 5. The van der Waals surface area contributed by atoms with Crippen LogP contribution in [0.5, 0.6) is 5.75 Å². The number of ether oxygens (including phenoxy) is 1. The van der Waals surface area contributed by atoms with Crippen molar-refractivity contribution < 1.29 is 22.7 Å². The smallest absolute Gasteiger partial charge is 0.180 e. The van der Waals surface area contributed by atoms with Gasteiger partial charge >= 0.3 is 0 Å². The van der Waals surface area contributed by atoms with Gasteiger partial charge in [-0.1, -0.05) is 0 Å². The van der Waals surface area contributed by atoms with Crippen LogP contribution in [0.2, 0.25) is 0 Å². The molecular formula is C12H17ClFNO4S. The van der Waals surface area contributed by atoms with Crippen molar-refractivity contribution in [1.29, 1.82) is 0 Å². The van der Waals surface area contributed by atoms with Crippen molar-refractivity contribution in [3.63, 3.8) is 0 Å². The summed E-state index contributed by atoms with van der Waals surface area (Å²) in [7, 11) is -3.47. The monoisotopic (exact) mass is 325 g/mol. The molecule has 0 aliphatic carbocycles. The number of aliphatic hydroxyl groups is 1. The van der Waals surface area contributed by atoms with Gasteiger partial charge in [0.05, 0.1) is 17.3 Å². The molecule has 0 spiro atoms. The van der Waals surface area contributed by atoms with E-state index in [2.05, 4.69) is 0 Å². The lowest BCUT2D eigenvalue weighted by atomic mass is 10.3. The molecule has 1 aromatic rings. The van der Waals surface area contributed by atoms with Crippen LogP contribution in [0.4, 0.5) is 4.39 Å². The summed E-state index contributed by atoms with van der Waals surface area (Å²) >= 11 is 0. The Labute approximate surface area is 123 Å². The molecule has 114 valence electrons. The summed E-state index contributed by atoms with van der Waals surface area (Å²) in [6, 6.07) is 5.57. The average molecular weight is 326 g/mol. The first-order valence-corrected chi connectivity index (χ1v) is 7.26. The lowest BCUT2D eigenvalue weighted by Gasteiger charge is -2.06. The molecule has 0 saturated heterocycles. The van der Waals surface area contributed by atoms with Crippen LogP contribution in [0.15, 0.2) is 41.1 Å². The van der Waals surface area contributed by atoms with Gasteiger partial charge in [-0.25, -0.2) is 12.8 Å². The van der Waals surface area contributed by atoms with Gasteiger partial charge in [-0.15, -0.1) is 12.4 Å². The average Bonchev–Trinajstić information content (AvgIpc) is 2.37. The second kappa shape index (κ2) is 8.91. The molecule has 0 fully saturated rings. The molecular weight excluding hydrogens is 309 g/mol. The zero-order chi connectivity index (χ0) is 14.3. The first-order valence-electron chi connectivity index (χ1n) is 5.60. The van der Waals surface area contributed by atoms with Gasteiger partial charge in [0.15, 0.2) is 9.84 Å². The molecule has 0 aliphatic heterocycles. The van der Waals surface area contributed by atoms with Gasteiger partial charge in [-0.3, -0.25) is 0 Å². The van der Waals surface area contributed by atoms with E-state index in [0.29, 0.717) is 5.75 Å². The summed E-state index contributed by atoms with van der Waals surface area (Å²) in [5, 5.41) is 8.65. The molecule has 8 heteroatoms. The number of nitrogens with two attached hydrogens (primary N) is 1. The third-order valence-electron chi connectivity index (χ3n) is 2.26. The highest BCUT2D eigenvalue weighted by Gasteiger charge is 2.13. The number of sulfone groups is 1. The van der Waals surface area contributed by atoms with E-state index in [9.17, 15) is 12.8 Å². The molecule has 0 heterocycles. The summed E-state index contributed by atoms with van der Waals surface area (Å²) in [6.45, 7) is -0.594. The summed E-state index contributed by atoms with van der Waals surface area (Å²) in [4.78, 5) is 0.0897. The molecule has 0 unspecified atom stereocenters. The molecule has 0 radical (unpaired) electrons. The second-order valence-electron chi connectivity index (χ2n) is 3.69. The molecule has 0 atom stereocenters. The number of benzene rings is 1. The Bertz CT molecular complexity index is 531. The minimum atomic E-state index is -3.47. The van der Waals surface area contributed by atoms with E-state index in [-0.39, 0.29) is 36.2 Å². The molecule has 0 aliphatic rings. The van der Waals surface area contributed by atoms with Crippen LogP contribution in [-0.4, -0.2) is 39.0 Å². The summed E-state index contributed by atoms with van der Waals surface area (Å²) in [5.74, 6) is -0.468.